The molecule has 1 saturated heterocycles. The Hall–Kier alpha value is -0.710. The van der Waals surface area contributed by atoms with Gasteiger partial charge in [-0.2, -0.15) is 11.8 Å². The quantitative estimate of drug-likeness (QED) is 0.625. The summed E-state index contributed by atoms with van der Waals surface area (Å²) >= 11 is 1.55. The first kappa shape index (κ1) is 8.39. The predicted molar refractivity (Wildman–Crippen MR) is 41.7 cm³/mol. The minimum absolute atomic E-state index is 0.0880. The molecule has 1 atom stereocenters. The zero-order valence-corrected chi connectivity index (χ0v) is 6.93. The topological polar surface area (TPSA) is 57.6 Å². The van der Waals surface area contributed by atoms with E-state index in [0.717, 1.165) is 4.90 Å². The van der Waals surface area contributed by atoms with Crippen molar-refractivity contribution >= 4 is 23.8 Å². The summed E-state index contributed by atoms with van der Waals surface area (Å²) in [6.45, 7) is 0. The zero-order valence-electron chi connectivity index (χ0n) is 6.11. The fourth-order valence-electron chi connectivity index (χ4n) is 1.07. The van der Waals surface area contributed by atoms with Crippen molar-refractivity contribution in [2.75, 3.05) is 12.0 Å². The van der Waals surface area contributed by atoms with Crippen LogP contribution in [0.5, 0.6) is 0 Å². The molecular weight excluding hydrogens is 166 g/mol. The Labute approximate surface area is 68.6 Å². The second-order valence-electron chi connectivity index (χ2n) is 2.36. The van der Waals surface area contributed by atoms with Crippen LogP contribution in [0.25, 0.3) is 0 Å². The van der Waals surface area contributed by atoms with Gasteiger partial charge in [-0.15, -0.1) is 0 Å². The number of likely N-dealkylation sites (tertiary alicyclic amines) is 1. The van der Waals surface area contributed by atoms with Crippen LogP contribution in [0.3, 0.4) is 0 Å². The Balaban J connectivity index is 2.48. The van der Waals surface area contributed by atoms with Crippen molar-refractivity contribution in [3.05, 3.63) is 0 Å². The molecule has 62 valence electrons. The van der Waals surface area contributed by atoms with Gasteiger partial charge in [0.05, 0.1) is 6.04 Å². The molecule has 0 aliphatic carbocycles. The van der Waals surface area contributed by atoms with Gasteiger partial charge in [-0.1, -0.05) is 0 Å². The van der Waals surface area contributed by atoms with Crippen LogP contribution in [0.1, 0.15) is 6.42 Å². The van der Waals surface area contributed by atoms with Gasteiger partial charge in [-0.25, -0.2) is 9.69 Å². The molecule has 1 heterocycles. The van der Waals surface area contributed by atoms with Gasteiger partial charge < -0.3 is 5.11 Å². The number of amides is 2. The van der Waals surface area contributed by atoms with Crippen LogP contribution in [-0.4, -0.2) is 40.1 Å². The van der Waals surface area contributed by atoms with Crippen molar-refractivity contribution in [1.29, 1.82) is 0 Å². The van der Waals surface area contributed by atoms with Crippen LogP contribution in [0.4, 0.5) is 4.79 Å². The van der Waals surface area contributed by atoms with E-state index in [1.54, 1.807) is 11.8 Å². The lowest BCUT2D eigenvalue weighted by Crippen LogP contribution is -2.56. The fourth-order valence-corrected chi connectivity index (χ4v) is 1.72. The highest BCUT2D eigenvalue weighted by Gasteiger charge is 2.40. The molecule has 2 amide bonds. The second kappa shape index (κ2) is 3.13. The highest BCUT2D eigenvalue weighted by Crippen LogP contribution is 2.21. The van der Waals surface area contributed by atoms with Gasteiger partial charge in [0.15, 0.2) is 0 Å². The van der Waals surface area contributed by atoms with Crippen LogP contribution in [0.15, 0.2) is 0 Å². The molecule has 0 aromatic heterocycles. The molecule has 11 heavy (non-hydrogen) atoms. The molecule has 1 unspecified atom stereocenters. The summed E-state index contributed by atoms with van der Waals surface area (Å²) in [4.78, 5) is 22.0. The number of rotatable bonds is 2. The van der Waals surface area contributed by atoms with Gasteiger partial charge in [0, 0.05) is 12.2 Å². The van der Waals surface area contributed by atoms with Crippen molar-refractivity contribution in [2.45, 2.75) is 12.5 Å². The molecule has 5 heteroatoms. The van der Waals surface area contributed by atoms with E-state index >= 15 is 0 Å². The molecule has 4 nitrogen and oxygen atoms in total. The van der Waals surface area contributed by atoms with E-state index in [-0.39, 0.29) is 11.9 Å². The van der Waals surface area contributed by atoms with Gasteiger partial charge in [0.1, 0.15) is 0 Å². The standard InChI is InChI=1S/C6H9NO3S/c1-11-3-4-2-5(8)7(4)6(9)10/h4H,2-3H2,1H3,(H,9,10). The Bertz CT molecular complexity index is 186. The summed E-state index contributed by atoms with van der Waals surface area (Å²) < 4.78 is 0. The van der Waals surface area contributed by atoms with Crippen molar-refractivity contribution in [1.82, 2.24) is 4.90 Å². The third-order valence-corrected chi connectivity index (χ3v) is 2.33. The number of thioether (sulfide) groups is 1. The monoisotopic (exact) mass is 175 g/mol. The van der Waals surface area contributed by atoms with Crippen molar-refractivity contribution in [3.8, 4) is 0 Å². The van der Waals surface area contributed by atoms with Gasteiger partial charge in [-0.3, -0.25) is 4.79 Å². The van der Waals surface area contributed by atoms with E-state index in [2.05, 4.69) is 0 Å². The molecule has 1 rings (SSSR count). The summed E-state index contributed by atoms with van der Waals surface area (Å²) in [5.74, 6) is 0.425. The minimum atomic E-state index is -1.12. The third-order valence-electron chi connectivity index (χ3n) is 1.61. The van der Waals surface area contributed by atoms with Gasteiger partial charge in [-0.05, 0) is 6.26 Å². The smallest absolute Gasteiger partial charge is 0.414 e. The first-order valence-corrected chi connectivity index (χ1v) is 4.60. The van der Waals surface area contributed by atoms with Crippen LogP contribution in [0.2, 0.25) is 0 Å². The number of β-lactam (4-membered cyclic amide) rings is 1. The molecule has 0 saturated carbocycles. The van der Waals surface area contributed by atoms with Gasteiger partial charge >= 0.3 is 6.09 Å². The molecule has 0 spiro atoms. The normalized spacial score (nSPS) is 23.2. The van der Waals surface area contributed by atoms with Crippen LogP contribution >= 0.6 is 11.8 Å². The number of carbonyl (C=O) groups is 2. The molecule has 1 aliphatic rings. The first-order chi connectivity index (χ1) is 5.16. The van der Waals surface area contributed by atoms with Crippen LogP contribution < -0.4 is 0 Å². The van der Waals surface area contributed by atoms with E-state index in [9.17, 15) is 9.59 Å². The zero-order chi connectivity index (χ0) is 8.43. The second-order valence-corrected chi connectivity index (χ2v) is 3.27. The molecule has 1 aliphatic heterocycles. The summed E-state index contributed by atoms with van der Waals surface area (Å²) in [6.07, 6.45) is 1.15. The lowest BCUT2D eigenvalue weighted by atomic mass is 10.1. The number of carbonyl (C=O) groups excluding carboxylic acids is 1. The number of hydrogen-bond acceptors (Lipinski definition) is 3. The van der Waals surface area contributed by atoms with Gasteiger partial charge in [0.25, 0.3) is 0 Å². The number of nitrogens with zero attached hydrogens (tertiary/aromatic N) is 1. The summed E-state index contributed by atoms with van der Waals surface area (Å²) in [5, 5.41) is 8.50. The molecule has 0 radical (unpaired) electrons. The van der Waals surface area contributed by atoms with Crippen molar-refractivity contribution in [3.63, 3.8) is 0 Å². The minimum Gasteiger partial charge on any atom is -0.465 e. The Morgan fingerprint density at radius 2 is 2.55 bits per heavy atom. The maximum absolute atomic E-state index is 10.7. The lowest BCUT2D eigenvalue weighted by Gasteiger charge is -2.35. The number of imide groups is 1. The summed E-state index contributed by atoms with van der Waals surface area (Å²) in [5.41, 5.74) is 0. The maximum atomic E-state index is 10.7. The summed E-state index contributed by atoms with van der Waals surface area (Å²) in [6, 6.07) is -0.0880. The summed E-state index contributed by atoms with van der Waals surface area (Å²) in [7, 11) is 0. The maximum Gasteiger partial charge on any atom is 0.414 e. The number of hydrogen-bond donors (Lipinski definition) is 1. The predicted octanol–water partition coefficient (Wildman–Crippen LogP) is 0.628. The molecular formula is C6H9NO3S. The van der Waals surface area contributed by atoms with E-state index in [1.807, 2.05) is 6.26 Å². The van der Waals surface area contributed by atoms with Crippen LogP contribution in [0, 0.1) is 0 Å². The average molecular weight is 175 g/mol. The SMILES string of the molecule is CSCC1CC(=O)N1C(=O)O. The van der Waals surface area contributed by atoms with Gasteiger partial charge in [0.2, 0.25) is 5.91 Å². The van der Waals surface area contributed by atoms with E-state index in [0.29, 0.717) is 12.2 Å². The van der Waals surface area contributed by atoms with E-state index < -0.39 is 6.09 Å². The highest BCUT2D eigenvalue weighted by molar-refractivity contribution is 7.98. The lowest BCUT2D eigenvalue weighted by molar-refractivity contribution is -0.140. The first-order valence-electron chi connectivity index (χ1n) is 3.20. The molecule has 1 fully saturated rings. The van der Waals surface area contributed by atoms with E-state index in [1.165, 1.54) is 0 Å². The number of carboxylic acid groups (broad SMARTS) is 1. The van der Waals surface area contributed by atoms with Crippen molar-refractivity contribution < 1.29 is 14.7 Å². The molecule has 0 aromatic rings. The van der Waals surface area contributed by atoms with Crippen molar-refractivity contribution in [2.24, 2.45) is 0 Å². The Morgan fingerprint density at radius 3 is 2.91 bits per heavy atom. The Kier molecular flexibility index (Phi) is 2.38. The van der Waals surface area contributed by atoms with Crippen LogP contribution in [-0.2, 0) is 4.79 Å². The Morgan fingerprint density at radius 1 is 1.91 bits per heavy atom. The third kappa shape index (κ3) is 1.48. The molecule has 1 N–H and O–H groups in total. The largest absolute Gasteiger partial charge is 0.465 e. The van der Waals surface area contributed by atoms with E-state index in [4.69, 9.17) is 5.11 Å². The molecule has 0 aromatic carbocycles. The molecule has 0 bridgehead atoms. The fraction of sp³-hybridized carbons (Fsp3) is 0.667. The average Bonchev–Trinajstić information content (AvgIpc) is 1.85. The highest BCUT2D eigenvalue weighted by atomic mass is 32.2.